The summed E-state index contributed by atoms with van der Waals surface area (Å²) >= 11 is 0. The molecular formula is C33H35N5O4. The number of nitrogens with zero attached hydrogens (tertiary/aromatic N) is 4. The molecular weight excluding hydrogens is 530 g/mol. The molecule has 0 spiro atoms. The summed E-state index contributed by atoms with van der Waals surface area (Å²) in [6.07, 6.45) is 6.91. The number of ether oxygens (including phenoxy) is 2. The zero-order valence-corrected chi connectivity index (χ0v) is 24.8. The second-order valence-corrected chi connectivity index (χ2v) is 11.2. The van der Waals surface area contributed by atoms with Gasteiger partial charge in [-0.2, -0.15) is 5.26 Å². The van der Waals surface area contributed by atoms with Gasteiger partial charge in [0.15, 0.2) is 6.73 Å². The number of nitrogens with one attached hydrogen (secondary N) is 1. The van der Waals surface area contributed by atoms with Crippen LogP contribution in [0, 0.1) is 16.7 Å². The van der Waals surface area contributed by atoms with Crippen molar-refractivity contribution in [2.24, 2.45) is 5.41 Å². The molecule has 0 saturated carbocycles. The lowest BCUT2D eigenvalue weighted by Crippen LogP contribution is -2.23. The van der Waals surface area contributed by atoms with Crippen molar-refractivity contribution >= 4 is 28.6 Å². The van der Waals surface area contributed by atoms with Crippen LogP contribution in [-0.4, -0.2) is 54.1 Å². The normalized spacial score (nSPS) is 11.6. The number of anilines is 1. The van der Waals surface area contributed by atoms with Gasteiger partial charge in [0.25, 0.3) is 0 Å². The van der Waals surface area contributed by atoms with Gasteiger partial charge in [-0.15, -0.1) is 0 Å². The first-order chi connectivity index (χ1) is 20.0. The molecule has 2 aromatic heterocycles. The Hall–Kier alpha value is -4.94. The lowest BCUT2D eigenvalue weighted by Gasteiger charge is -2.17. The average molecular weight is 566 g/mol. The number of likely N-dealkylation sites (N-methyl/N-ethyl adjacent to an activating group) is 1. The minimum Gasteiger partial charge on any atom is -0.497 e. The summed E-state index contributed by atoms with van der Waals surface area (Å²) in [6, 6.07) is 17.0. The molecule has 1 N–H and O–H groups in total. The number of benzene rings is 2. The highest BCUT2D eigenvalue weighted by Gasteiger charge is 2.24. The number of methoxy groups -OCH3 is 1. The minimum atomic E-state index is -0.644. The fourth-order valence-corrected chi connectivity index (χ4v) is 4.27. The molecule has 2 aromatic carbocycles. The van der Waals surface area contributed by atoms with Gasteiger partial charge in [-0.3, -0.25) is 14.2 Å². The van der Waals surface area contributed by atoms with E-state index in [9.17, 15) is 14.9 Å². The van der Waals surface area contributed by atoms with Crippen molar-refractivity contribution in [3.8, 4) is 34.1 Å². The fourth-order valence-electron chi connectivity index (χ4n) is 4.27. The van der Waals surface area contributed by atoms with E-state index in [0.29, 0.717) is 29.2 Å². The smallest absolute Gasteiger partial charge is 0.312 e. The van der Waals surface area contributed by atoms with Crippen molar-refractivity contribution in [2.75, 3.05) is 33.1 Å². The van der Waals surface area contributed by atoms with E-state index in [1.807, 2.05) is 61.6 Å². The first-order valence-electron chi connectivity index (χ1n) is 13.5. The lowest BCUT2D eigenvalue weighted by atomic mass is 9.98. The fraction of sp³-hybridized carbons (Fsp3) is 0.273. The van der Waals surface area contributed by atoms with Crippen LogP contribution in [-0.2, 0) is 21.1 Å². The third kappa shape index (κ3) is 7.22. The maximum atomic E-state index is 12.5. The third-order valence-electron chi connectivity index (χ3n) is 6.45. The Labute approximate surface area is 246 Å². The molecule has 42 heavy (non-hydrogen) atoms. The lowest BCUT2D eigenvalue weighted by molar-refractivity contribution is -0.156. The van der Waals surface area contributed by atoms with Gasteiger partial charge in [0.1, 0.15) is 11.4 Å². The average Bonchev–Trinajstić information content (AvgIpc) is 3.32. The van der Waals surface area contributed by atoms with Gasteiger partial charge in [0.2, 0.25) is 5.91 Å². The molecule has 216 valence electrons. The number of carbonyl (C=O) groups excluding carboxylic acids is 2. The standard InChI is InChI=1S/C33H35N5O4/c1-33(2,3)32(40)42-21-38-20-29(23-10-7-9-22(13-23)18-34)28-16-25(19-35-31(28)38)24-14-26(17-27(15-24)41-6)36-30(39)11-8-12-37(4)5/h7-11,13-17,19-20H,12,21H2,1-6H3,(H,36,39). The van der Waals surface area contributed by atoms with Crippen molar-refractivity contribution in [3.63, 3.8) is 0 Å². The zero-order chi connectivity index (χ0) is 30.4. The Balaban J connectivity index is 1.77. The van der Waals surface area contributed by atoms with E-state index in [1.165, 1.54) is 6.08 Å². The van der Waals surface area contributed by atoms with E-state index in [1.54, 1.807) is 56.9 Å². The maximum Gasteiger partial charge on any atom is 0.312 e. The van der Waals surface area contributed by atoms with Crippen LogP contribution in [0.3, 0.4) is 0 Å². The summed E-state index contributed by atoms with van der Waals surface area (Å²) in [4.78, 5) is 31.7. The molecule has 9 nitrogen and oxygen atoms in total. The van der Waals surface area contributed by atoms with Crippen molar-refractivity contribution in [3.05, 3.63) is 78.6 Å². The van der Waals surface area contributed by atoms with Crippen LogP contribution in [0.4, 0.5) is 5.69 Å². The van der Waals surface area contributed by atoms with Crippen LogP contribution in [0.1, 0.15) is 26.3 Å². The van der Waals surface area contributed by atoms with Gasteiger partial charge in [-0.1, -0.05) is 18.2 Å². The zero-order valence-electron chi connectivity index (χ0n) is 24.8. The van der Waals surface area contributed by atoms with Gasteiger partial charge in [-0.05, 0) is 76.3 Å². The maximum absolute atomic E-state index is 12.5. The molecule has 0 unspecified atom stereocenters. The number of hydrogen-bond acceptors (Lipinski definition) is 7. The van der Waals surface area contributed by atoms with E-state index in [4.69, 9.17) is 14.5 Å². The van der Waals surface area contributed by atoms with E-state index in [-0.39, 0.29) is 18.6 Å². The summed E-state index contributed by atoms with van der Waals surface area (Å²) in [5.41, 5.74) is 4.35. The van der Waals surface area contributed by atoms with Crippen LogP contribution >= 0.6 is 0 Å². The Morgan fingerprint density at radius 3 is 2.57 bits per heavy atom. The first-order valence-corrected chi connectivity index (χ1v) is 13.5. The summed E-state index contributed by atoms with van der Waals surface area (Å²) in [5, 5.41) is 13.2. The van der Waals surface area contributed by atoms with Gasteiger partial charge >= 0.3 is 5.97 Å². The number of fused-ring (bicyclic) bond motifs is 1. The van der Waals surface area contributed by atoms with Crippen LogP contribution in [0.2, 0.25) is 0 Å². The number of hydrogen-bond donors (Lipinski definition) is 1. The molecule has 0 bridgehead atoms. The largest absolute Gasteiger partial charge is 0.497 e. The molecule has 0 aliphatic heterocycles. The Bertz CT molecular complexity index is 1690. The molecule has 1 amide bonds. The Morgan fingerprint density at radius 1 is 1.10 bits per heavy atom. The van der Waals surface area contributed by atoms with Crippen LogP contribution in [0.15, 0.2) is 73.1 Å². The second kappa shape index (κ2) is 12.7. The Morgan fingerprint density at radius 2 is 1.88 bits per heavy atom. The van der Waals surface area contributed by atoms with Crippen LogP contribution < -0.4 is 10.1 Å². The predicted molar refractivity (Wildman–Crippen MR) is 164 cm³/mol. The number of carbonyl (C=O) groups is 2. The summed E-state index contributed by atoms with van der Waals surface area (Å²) < 4.78 is 12.9. The number of pyridine rings is 1. The van der Waals surface area contributed by atoms with Crippen LogP contribution in [0.25, 0.3) is 33.3 Å². The molecule has 0 atom stereocenters. The number of amides is 1. The molecule has 0 fully saturated rings. The highest BCUT2D eigenvalue weighted by molar-refractivity contribution is 6.00. The van der Waals surface area contributed by atoms with E-state index < -0.39 is 5.41 Å². The van der Waals surface area contributed by atoms with E-state index in [0.717, 1.165) is 27.6 Å². The number of esters is 1. The summed E-state index contributed by atoms with van der Waals surface area (Å²) in [7, 11) is 5.43. The van der Waals surface area contributed by atoms with Crippen molar-refractivity contribution in [1.82, 2.24) is 14.5 Å². The molecule has 0 radical (unpaired) electrons. The molecule has 9 heteroatoms. The molecule has 0 aliphatic rings. The highest BCUT2D eigenvalue weighted by atomic mass is 16.5. The van der Waals surface area contributed by atoms with Gasteiger partial charge in [-0.25, -0.2) is 4.98 Å². The molecule has 0 saturated heterocycles. The predicted octanol–water partition coefficient (Wildman–Crippen LogP) is 5.85. The number of rotatable bonds is 9. The summed E-state index contributed by atoms with van der Waals surface area (Å²) in [5.74, 6) is 0.0106. The number of aromatic nitrogens is 2. The minimum absolute atomic E-state index is 0.00638. The van der Waals surface area contributed by atoms with E-state index in [2.05, 4.69) is 11.4 Å². The van der Waals surface area contributed by atoms with Crippen LogP contribution in [0.5, 0.6) is 5.75 Å². The van der Waals surface area contributed by atoms with Crippen molar-refractivity contribution in [1.29, 1.82) is 5.26 Å². The molecule has 4 aromatic rings. The van der Waals surface area contributed by atoms with Crippen molar-refractivity contribution in [2.45, 2.75) is 27.5 Å². The molecule has 4 rings (SSSR count). The number of nitriles is 1. The van der Waals surface area contributed by atoms with Crippen molar-refractivity contribution < 1.29 is 19.1 Å². The van der Waals surface area contributed by atoms with Gasteiger partial charge < -0.3 is 19.7 Å². The van der Waals surface area contributed by atoms with Gasteiger partial charge in [0.05, 0.1) is 24.2 Å². The molecule has 2 heterocycles. The third-order valence-corrected chi connectivity index (χ3v) is 6.45. The van der Waals surface area contributed by atoms with Gasteiger partial charge in [0, 0.05) is 53.3 Å². The SMILES string of the molecule is COc1cc(NC(=O)C=CCN(C)C)cc(-c2cnc3c(c2)c(-c2cccc(C#N)c2)cn3COC(=O)C(C)(C)C)c1. The second-order valence-electron chi connectivity index (χ2n) is 11.2. The Kier molecular flexibility index (Phi) is 9.09. The van der Waals surface area contributed by atoms with E-state index >= 15 is 0 Å². The quantitative estimate of drug-likeness (QED) is 0.200. The first kappa shape index (κ1) is 30.0. The topological polar surface area (TPSA) is 109 Å². The monoisotopic (exact) mass is 565 g/mol. The molecule has 0 aliphatic carbocycles. The highest BCUT2D eigenvalue weighted by Crippen LogP contribution is 2.35. The summed E-state index contributed by atoms with van der Waals surface area (Å²) in [6.45, 7) is 6.05.